The zero-order chi connectivity index (χ0) is 24.1. The lowest BCUT2D eigenvalue weighted by Crippen LogP contribution is -2.34. The average molecular weight is 479 g/mol. The third-order valence-electron chi connectivity index (χ3n) is 5.01. The molecule has 1 aromatic heterocycles. The van der Waals surface area contributed by atoms with Gasteiger partial charge in [-0.05, 0) is 44.0 Å². The molecule has 2 heterocycles. The fraction of sp³-hybridized carbons (Fsp3) is 0.524. The molecular formula is C21H23F6N3O3. The van der Waals surface area contributed by atoms with Crippen molar-refractivity contribution in [2.45, 2.75) is 44.7 Å². The van der Waals surface area contributed by atoms with Crippen LogP contribution in [0.4, 0.5) is 26.3 Å². The normalized spacial score (nSPS) is 15.6. The van der Waals surface area contributed by atoms with E-state index in [2.05, 4.69) is 15.5 Å². The van der Waals surface area contributed by atoms with Gasteiger partial charge in [0.05, 0.1) is 28.1 Å². The maximum atomic E-state index is 13.8. The number of hydrogen-bond acceptors (Lipinski definition) is 6. The van der Waals surface area contributed by atoms with E-state index in [1.165, 1.54) is 12.1 Å². The lowest BCUT2D eigenvalue weighted by molar-refractivity contribution is -0.143. The summed E-state index contributed by atoms with van der Waals surface area (Å²) in [6.45, 7) is 2.86. The Morgan fingerprint density at radius 2 is 1.76 bits per heavy atom. The summed E-state index contributed by atoms with van der Waals surface area (Å²) in [6.07, 6.45) is -8.45. The number of halogens is 6. The Labute approximate surface area is 186 Å². The molecule has 1 N–H and O–H groups in total. The molecule has 0 atom stereocenters. The van der Waals surface area contributed by atoms with Crippen molar-refractivity contribution in [3.63, 3.8) is 0 Å². The topological polar surface area (TPSA) is 65.5 Å². The zero-order valence-corrected chi connectivity index (χ0v) is 17.7. The van der Waals surface area contributed by atoms with Gasteiger partial charge in [-0.25, -0.2) is 0 Å². The zero-order valence-electron chi connectivity index (χ0n) is 17.7. The largest absolute Gasteiger partial charge is 0.467 e. The quantitative estimate of drug-likeness (QED) is 0.333. The van der Waals surface area contributed by atoms with E-state index < -0.39 is 41.6 Å². The summed E-state index contributed by atoms with van der Waals surface area (Å²) < 4.78 is 96.4. The molecule has 1 aliphatic heterocycles. The van der Waals surface area contributed by atoms with Gasteiger partial charge in [-0.3, -0.25) is 0 Å². The van der Waals surface area contributed by atoms with E-state index in [0.717, 1.165) is 12.8 Å². The first kappa shape index (κ1) is 25.2. The molecule has 1 fully saturated rings. The van der Waals surface area contributed by atoms with Gasteiger partial charge in [0, 0.05) is 32.4 Å². The number of benzene rings is 1. The van der Waals surface area contributed by atoms with Crippen LogP contribution in [0.15, 0.2) is 24.3 Å². The predicted octanol–water partition coefficient (Wildman–Crippen LogP) is 4.82. The summed E-state index contributed by atoms with van der Waals surface area (Å²) >= 11 is 0. The first-order chi connectivity index (χ1) is 15.6. The fourth-order valence-corrected chi connectivity index (χ4v) is 3.31. The SMILES string of the molecule is CCOCOc1cc(C(F)(F)F)cc(C(F)(F)F)c1-c1ccc(CNC2CCOCC2)nn1. The minimum atomic E-state index is -5.09. The lowest BCUT2D eigenvalue weighted by Gasteiger charge is -2.23. The maximum Gasteiger partial charge on any atom is 0.417 e. The van der Waals surface area contributed by atoms with Gasteiger partial charge in [0.2, 0.25) is 0 Å². The molecule has 12 heteroatoms. The van der Waals surface area contributed by atoms with E-state index in [4.69, 9.17) is 14.2 Å². The molecule has 0 unspecified atom stereocenters. The lowest BCUT2D eigenvalue weighted by atomic mass is 9.98. The molecule has 0 bridgehead atoms. The Balaban J connectivity index is 1.94. The first-order valence-corrected chi connectivity index (χ1v) is 10.3. The highest BCUT2D eigenvalue weighted by Crippen LogP contribution is 2.45. The molecule has 33 heavy (non-hydrogen) atoms. The van der Waals surface area contributed by atoms with Crippen molar-refractivity contribution in [2.24, 2.45) is 0 Å². The average Bonchev–Trinajstić information content (AvgIpc) is 2.77. The van der Waals surface area contributed by atoms with Crippen molar-refractivity contribution < 1.29 is 40.6 Å². The molecular weight excluding hydrogens is 456 g/mol. The van der Waals surface area contributed by atoms with Gasteiger partial charge in [0.25, 0.3) is 0 Å². The van der Waals surface area contributed by atoms with E-state index in [1.54, 1.807) is 6.92 Å². The van der Waals surface area contributed by atoms with Crippen molar-refractivity contribution in [2.75, 3.05) is 26.6 Å². The van der Waals surface area contributed by atoms with Gasteiger partial charge in [0.1, 0.15) is 5.75 Å². The molecule has 182 valence electrons. The standard InChI is InChI=1S/C21H23F6N3O3/c1-2-31-12-33-18-10-13(20(22,23)24)9-16(21(25,26)27)19(18)17-4-3-15(29-30-17)11-28-14-5-7-32-8-6-14/h3-4,9-10,14,28H,2,5-8,11-12H2,1H3. The summed E-state index contributed by atoms with van der Waals surface area (Å²) in [5.41, 5.74) is -3.44. The van der Waals surface area contributed by atoms with Crippen LogP contribution in [-0.4, -0.2) is 42.9 Å². The van der Waals surface area contributed by atoms with Gasteiger partial charge in [0.15, 0.2) is 6.79 Å². The van der Waals surface area contributed by atoms with Crippen LogP contribution in [0.5, 0.6) is 5.75 Å². The predicted molar refractivity (Wildman–Crippen MR) is 105 cm³/mol. The van der Waals surface area contributed by atoms with E-state index in [9.17, 15) is 26.3 Å². The second kappa shape index (κ2) is 10.7. The van der Waals surface area contributed by atoms with E-state index in [-0.39, 0.29) is 24.4 Å². The minimum absolute atomic E-state index is 0.0468. The van der Waals surface area contributed by atoms with Crippen LogP contribution in [-0.2, 0) is 28.4 Å². The Hall–Kier alpha value is -2.44. The number of nitrogens with zero attached hydrogens (tertiary/aromatic N) is 2. The van der Waals surface area contributed by atoms with Crippen molar-refractivity contribution in [1.29, 1.82) is 0 Å². The summed E-state index contributed by atoms with van der Waals surface area (Å²) in [5.74, 6) is -0.645. The molecule has 0 spiro atoms. The third kappa shape index (κ3) is 6.78. The molecule has 0 saturated carbocycles. The number of aromatic nitrogens is 2. The molecule has 2 aromatic rings. The summed E-state index contributed by atoms with van der Waals surface area (Å²) in [5, 5.41) is 11.1. The van der Waals surface area contributed by atoms with Crippen LogP contribution >= 0.6 is 0 Å². The van der Waals surface area contributed by atoms with Crippen LogP contribution in [0.1, 0.15) is 36.6 Å². The highest BCUT2D eigenvalue weighted by atomic mass is 19.4. The second-order valence-corrected chi connectivity index (χ2v) is 7.32. The minimum Gasteiger partial charge on any atom is -0.467 e. The molecule has 0 aliphatic carbocycles. The van der Waals surface area contributed by atoms with Gasteiger partial charge < -0.3 is 19.5 Å². The number of alkyl halides is 6. The Bertz CT molecular complexity index is 913. The van der Waals surface area contributed by atoms with Crippen LogP contribution in [0.25, 0.3) is 11.3 Å². The maximum absolute atomic E-state index is 13.8. The van der Waals surface area contributed by atoms with E-state index in [0.29, 0.717) is 31.5 Å². The molecule has 0 amide bonds. The van der Waals surface area contributed by atoms with Gasteiger partial charge >= 0.3 is 12.4 Å². The first-order valence-electron chi connectivity index (χ1n) is 10.3. The molecule has 6 nitrogen and oxygen atoms in total. The van der Waals surface area contributed by atoms with Crippen molar-refractivity contribution >= 4 is 0 Å². The number of hydrogen-bond donors (Lipinski definition) is 1. The Morgan fingerprint density at radius 1 is 1.03 bits per heavy atom. The van der Waals surface area contributed by atoms with Crippen LogP contribution in [0.2, 0.25) is 0 Å². The molecule has 1 aliphatic rings. The molecule has 3 rings (SSSR count). The van der Waals surface area contributed by atoms with Crippen molar-refractivity contribution in [1.82, 2.24) is 15.5 Å². The van der Waals surface area contributed by atoms with Crippen molar-refractivity contribution in [3.05, 3.63) is 41.1 Å². The molecule has 1 aromatic carbocycles. The summed E-state index contributed by atoms with van der Waals surface area (Å²) in [4.78, 5) is 0. The van der Waals surface area contributed by atoms with E-state index >= 15 is 0 Å². The fourth-order valence-electron chi connectivity index (χ4n) is 3.31. The van der Waals surface area contributed by atoms with Crippen LogP contribution in [0, 0.1) is 0 Å². The number of rotatable bonds is 8. The van der Waals surface area contributed by atoms with Gasteiger partial charge in [-0.15, -0.1) is 0 Å². The summed E-state index contributed by atoms with van der Waals surface area (Å²) in [6, 6.07) is 3.53. The summed E-state index contributed by atoms with van der Waals surface area (Å²) in [7, 11) is 0. The van der Waals surface area contributed by atoms with Gasteiger partial charge in [-0.1, -0.05) is 0 Å². The van der Waals surface area contributed by atoms with Crippen molar-refractivity contribution in [3.8, 4) is 17.0 Å². The number of nitrogens with one attached hydrogen (secondary N) is 1. The molecule has 1 saturated heterocycles. The van der Waals surface area contributed by atoms with Gasteiger partial charge in [-0.2, -0.15) is 36.5 Å². The Kier molecular flexibility index (Phi) is 8.14. The van der Waals surface area contributed by atoms with Crippen LogP contribution in [0.3, 0.4) is 0 Å². The number of ether oxygens (including phenoxy) is 3. The third-order valence-corrected chi connectivity index (χ3v) is 5.01. The highest BCUT2D eigenvalue weighted by molar-refractivity contribution is 5.72. The van der Waals surface area contributed by atoms with Crippen LogP contribution < -0.4 is 10.1 Å². The Morgan fingerprint density at radius 3 is 2.33 bits per heavy atom. The van der Waals surface area contributed by atoms with E-state index in [1.807, 2.05) is 0 Å². The smallest absolute Gasteiger partial charge is 0.417 e. The monoisotopic (exact) mass is 479 g/mol. The second-order valence-electron chi connectivity index (χ2n) is 7.32. The molecule has 0 radical (unpaired) electrons. The highest BCUT2D eigenvalue weighted by Gasteiger charge is 2.40.